The lowest BCUT2D eigenvalue weighted by Gasteiger charge is -2.06. The SMILES string of the molecule is CCCCC(=CCC(=O)O[SiH3])CCCC. The fourth-order valence-corrected chi connectivity index (χ4v) is 1.61. The van der Waals surface area contributed by atoms with Gasteiger partial charge in [0.2, 0.25) is 10.5 Å². The number of allylic oxidation sites excluding steroid dienone is 1. The van der Waals surface area contributed by atoms with Crippen LogP contribution in [-0.2, 0) is 9.22 Å². The zero-order chi connectivity index (χ0) is 11.5. The summed E-state index contributed by atoms with van der Waals surface area (Å²) in [6.45, 7) is 4.40. The maximum Gasteiger partial charge on any atom is 0.295 e. The van der Waals surface area contributed by atoms with Crippen molar-refractivity contribution in [1.82, 2.24) is 0 Å². The normalized spacial score (nSPS) is 10.0. The van der Waals surface area contributed by atoms with Crippen molar-refractivity contribution in [2.24, 2.45) is 0 Å². The van der Waals surface area contributed by atoms with E-state index in [0.29, 0.717) is 16.9 Å². The summed E-state index contributed by atoms with van der Waals surface area (Å²) < 4.78 is 4.76. The van der Waals surface area contributed by atoms with Crippen LogP contribution in [0, 0.1) is 0 Å². The molecule has 0 amide bonds. The lowest BCUT2D eigenvalue weighted by Crippen LogP contribution is -1.99. The van der Waals surface area contributed by atoms with E-state index in [2.05, 4.69) is 19.9 Å². The van der Waals surface area contributed by atoms with Gasteiger partial charge in [0.1, 0.15) is 0 Å². The van der Waals surface area contributed by atoms with Crippen molar-refractivity contribution in [3.05, 3.63) is 11.6 Å². The molecule has 0 aromatic carbocycles. The third kappa shape index (κ3) is 8.42. The Labute approximate surface area is 96.6 Å². The molecule has 0 radical (unpaired) electrons. The smallest absolute Gasteiger partial charge is 0.295 e. The summed E-state index contributed by atoms with van der Waals surface area (Å²) in [6, 6.07) is 0. The first-order chi connectivity index (χ1) is 7.24. The number of carbonyl (C=O) groups is 1. The van der Waals surface area contributed by atoms with Crippen molar-refractivity contribution in [1.29, 1.82) is 0 Å². The molecule has 0 atom stereocenters. The Morgan fingerprint density at radius 3 is 2.13 bits per heavy atom. The van der Waals surface area contributed by atoms with E-state index in [1.807, 2.05) is 0 Å². The van der Waals surface area contributed by atoms with Gasteiger partial charge in [-0.05, 0) is 25.7 Å². The van der Waals surface area contributed by atoms with Crippen molar-refractivity contribution in [3.63, 3.8) is 0 Å². The predicted molar refractivity (Wildman–Crippen MR) is 67.8 cm³/mol. The Hall–Kier alpha value is -0.573. The maximum atomic E-state index is 11.0. The summed E-state index contributed by atoms with van der Waals surface area (Å²) in [6.07, 6.45) is 9.72. The van der Waals surface area contributed by atoms with Crippen LogP contribution in [0.2, 0.25) is 0 Å². The quantitative estimate of drug-likeness (QED) is 0.471. The molecule has 0 N–H and O–H groups in total. The summed E-state index contributed by atoms with van der Waals surface area (Å²) in [7, 11) is 0.510. The minimum atomic E-state index is -0.0767. The van der Waals surface area contributed by atoms with Crippen molar-refractivity contribution in [3.8, 4) is 0 Å². The van der Waals surface area contributed by atoms with Gasteiger partial charge in [-0.25, -0.2) is 0 Å². The first kappa shape index (κ1) is 14.4. The maximum absolute atomic E-state index is 11.0. The predicted octanol–water partition coefficient (Wildman–Crippen LogP) is 2.51. The van der Waals surface area contributed by atoms with Gasteiger partial charge in [0.05, 0.1) is 6.42 Å². The van der Waals surface area contributed by atoms with Gasteiger partial charge in [-0.3, -0.25) is 4.79 Å². The molecule has 0 fully saturated rings. The van der Waals surface area contributed by atoms with E-state index < -0.39 is 0 Å². The van der Waals surface area contributed by atoms with E-state index in [1.54, 1.807) is 0 Å². The highest BCUT2D eigenvalue weighted by Gasteiger charge is 2.00. The lowest BCUT2D eigenvalue weighted by atomic mass is 10.0. The van der Waals surface area contributed by atoms with Gasteiger partial charge < -0.3 is 4.43 Å². The molecule has 15 heavy (non-hydrogen) atoms. The first-order valence-electron chi connectivity index (χ1n) is 5.99. The van der Waals surface area contributed by atoms with Crippen LogP contribution in [-0.4, -0.2) is 16.5 Å². The molecule has 0 aromatic heterocycles. The van der Waals surface area contributed by atoms with Crippen molar-refractivity contribution < 1.29 is 9.22 Å². The largest absolute Gasteiger partial charge is 0.529 e. The molecule has 0 rings (SSSR count). The monoisotopic (exact) mass is 228 g/mol. The fourth-order valence-electron chi connectivity index (χ4n) is 1.45. The Morgan fingerprint density at radius 1 is 1.20 bits per heavy atom. The van der Waals surface area contributed by atoms with Crippen LogP contribution in [0.1, 0.15) is 58.8 Å². The molecule has 0 aliphatic carbocycles. The van der Waals surface area contributed by atoms with Gasteiger partial charge in [0.15, 0.2) is 0 Å². The molecule has 0 aromatic rings. The number of carbonyl (C=O) groups excluding carboxylic acids is 1. The Balaban J connectivity index is 4.01. The molecule has 0 heterocycles. The minimum Gasteiger partial charge on any atom is -0.529 e. The minimum absolute atomic E-state index is 0.0767. The Morgan fingerprint density at radius 2 is 1.73 bits per heavy atom. The molecule has 0 bridgehead atoms. The molecule has 88 valence electrons. The average Bonchev–Trinajstić information content (AvgIpc) is 2.27. The van der Waals surface area contributed by atoms with Crippen LogP contribution in [0.15, 0.2) is 11.6 Å². The first-order valence-corrected chi connectivity index (χ1v) is 6.80. The molecule has 0 unspecified atom stereocenters. The number of hydrogen-bond donors (Lipinski definition) is 0. The van der Waals surface area contributed by atoms with Crippen LogP contribution in [0.3, 0.4) is 0 Å². The van der Waals surface area contributed by atoms with Crippen molar-refractivity contribution in [2.45, 2.75) is 58.8 Å². The van der Waals surface area contributed by atoms with Gasteiger partial charge in [-0.1, -0.05) is 38.3 Å². The topological polar surface area (TPSA) is 26.3 Å². The zero-order valence-corrected chi connectivity index (χ0v) is 12.3. The third-order valence-electron chi connectivity index (χ3n) is 2.49. The van der Waals surface area contributed by atoms with E-state index in [9.17, 15) is 4.79 Å². The van der Waals surface area contributed by atoms with Gasteiger partial charge in [-0.15, -0.1) is 0 Å². The van der Waals surface area contributed by atoms with Crippen LogP contribution < -0.4 is 0 Å². The van der Waals surface area contributed by atoms with E-state index in [1.165, 1.54) is 31.3 Å². The van der Waals surface area contributed by atoms with E-state index in [0.717, 1.165) is 12.8 Å². The molecule has 2 nitrogen and oxygen atoms in total. The summed E-state index contributed by atoms with van der Waals surface area (Å²) in [5.41, 5.74) is 1.44. The average molecular weight is 228 g/mol. The van der Waals surface area contributed by atoms with Crippen LogP contribution >= 0.6 is 0 Å². The van der Waals surface area contributed by atoms with E-state index in [4.69, 9.17) is 4.43 Å². The lowest BCUT2D eigenvalue weighted by molar-refractivity contribution is -0.133. The summed E-state index contributed by atoms with van der Waals surface area (Å²) in [4.78, 5) is 11.0. The summed E-state index contributed by atoms with van der Waals surface area (Å²) in [5.74, 6) is -0.0767. The Bertz CT molecular complexity index is 190. The van der Waals surface area contributed by atoms with E-state index in [-0.39, 0.29) is 5.97 Å². The zero-order valence-electron chi connectivity index (χ0n) is 10.3. The van der Waals surface area contributed by atoms with Gasteiger partial charge in [0.25, 0.3) is 5.97 Å². The fraction of sp³-hybridized carbons (Fsp3) is 0.750. The summed E-state index contributed by atoms with van der Waals surface area (Å²) in [5, 5.41) is 0. The summed E-state index contributed by atoms with van der Waals surface area (Å²) >= 11 is 0. The van der Waals surface area contributed by atoms with Crippen LogP contribution in [0.5, 0.6) is 0 Å². The standard InChI is InChI=1S/C12H24O2Si/c1-3-5-7-11(8-6-4-2)9-10-12(13)14-15/h9H,3-8,10H2,1-2,15H3. The van der Waals surface area contributed by atoms with Gasteiger partial charge in [0, 0.05) is 0 Å². The highest BCUT2D eigenvalue weighted by molar-refractivity contribution is 6.05. The number of hydrogen-bond acceptors (Lipinski definition) is 2. The number of rotatable bonds is 8. The molecule has 0 aliphatic rings. The van der Waals surface area contributed by atoms with Crippen LogP contribution in [0.25, 0.3) is 0 Å². The second kappa shape index (κ2) is 9.96. The van der Waals surface area contributed by atoms with Gasteiger partial charge in [-0.2, -0.15) is 0 Å². The highest BCUT2D eigenvalue weighted by atomic mass is 28.2. The molecule has 0 saturated carbocycles. The highest BCUT2D eigenvalue weighted by Crippen LogP contribution is 2.15. The molecular formula is C12H24O2Si. The third-order valence-corrected chi connectivity index (χ3v) is 2.94. The van der Waals surface area contributed by atoms with E-state index >= 15 is 0 Å². The molecule has 0 spiro atoms. The second-order valence-corrected chi connectivity index (χ2v) is 4.26. The molecular weight excluding hydrogens is 204 g/mol. The van der Waals surface area contributed by atoms with Crippen molar-refractivity contribution >= 4 is 16.5 Å². The molecule has 3 heteroatoms. The molecule has 0 saturated heterocycles. The van der Waals surface area contributed by atoms with Crippen molar-refractivity contribution in [2.75, 3.05) is 0 Å². The Kier molecular flexibility index (Phi) is 9.58. The molecule has 0 aliphatic heterocycles. The van der Waals surface area contributed by atoms with Gasteiger partial charge >= 0.3 is 0 Å². The second-order valence-electron chi connectivity index (χ2n) is 3.85. The van der Waals surface area contributed by atoms with Crippen LogP contribution in [0.4, 0.5) is 0 Å². The number of unbranched alkanes of at least 4 members (excludes halogenated alkanes) is 2.